The van der Waals surface area contributed by atoms with Crippen molar-refractivity contribution < 1.29 is 23.7 Å². The number of benzene rings is 2. The maximum absolute atomic E-state index is 12.7. The van der Waals surface area contributed by atoms with Crippen LogP contribution in [0.5, 0.6) is 23.0 Å². The lowest BCUT2D eigenvalue weighted by Gasteiger charge is -2.38. The Bertz CT molecular complexity index is 908. The molecule has 6 heteroatoms. The number of hydrogen-bond acceptors (Lipinski definition) is 5. The number of amides is 1. The number of fused-ring (bicyclic) bond motifs is 2. The van der Waals surface area contributed by atoms with Crippen molar-refractivity contribution in [3.8, 4) is 23.0 Å². The quantitative estimate of drug-likeness (QED) is 0.831. The zero-order valence-corrected chi connectivity index (χ0v) is 17.1. The lowest BCUT2D eigenvalue weighted by Crippen LogP contribution is -2.41. The van der Waals surface area contributed by atoms with Gasteiger partial charge in [-0.2, -0.15) is 0 Å². The predicted octanol–water partition coefficient (Wildman–Crippen LogP) is 3.82. The van der Waals surface area contributed by atoms with Gasteiger partial charge in [0.1, 0.15) is 30.3 Å². The summed E-state index contributed by atoms with van der Waals surface area (Å²) in [4.78, 5) is 12.7. The third kappa shape index (κ3) is 4.42. The lowest BCUT2D eigenvalue weighted by molar-refractivity contribution is -0.122. The molecule has 0 aromatic heterocycles. The van der Waals surface area contributed by atoms with Crippen molar-refractivity contribution >= 4 is 5.91 Å². The second-order valence-electron chi connectivity index (χ2n) is 8.07. The van der Waals surface area contributed by atoms with Crippen LogP contribution in [0.1, 0.15) is 43.9 Å². The van der Waals surface area contributed by atoms with E-state index < -0.39 is 0 Å². The molecular weight excluding hydrogens is 370 g/mol. The van der Waals surface area contributed by atoms with Gasteiger partial charge in [0.05, 0.1) is 13.2 Å². The van der Waals surface area contributed by atoms with Gasteiger partial charge in [-0.3, -0.25) is 4.79 Å². The molecule has 0 saturated carbocycles. The number of hydrogen-bond donors (Lipinski definition) is 1. The molecule has 6 nitrogen and oxygen atoms in total. The Morgan fingerprint density at radius 3 is 2.66 bits per heavy atom. The summed E-state index contributed by atoms with van der Waals surface area (Å²) in [5.41, 5.74) is 1.66. The van der Waals surface area contributed by atoms with Crippen LogP contribution in [0.4, 0.5) is 0 Å². The summed E-state index contributed by atoms with van der Waals surface area (Å²) in [5, 5.41) is 3.18. The average molecular weight is 397 g/mol. The Morgan fingerprint density at radius 1 is 1.10 bits per heavy atom. The molecule has 0 bridgehead atoms. The zero-order valence-electron chi connectivity index (χ0n) is 17.1. The Morgan fingerprint density at radius 2 is 1.86 bits per heavy atom. The van der Waals surface area contributed by atoms with Crippen LogP contribution in [0, 0.1) is 0 Å². The highest BCUT2D eigenvalue weighted by Gasteiger charge is 2.34. The highest BCUT2D eigenvalue weighted by Crippen LogP contribution is 2.41. The van der Waals surface area contributed by atoms with Gasteiger partial charge in [-0.25, -0.2) is 0 Å². The Hall–Kier alpha value is -2.89. The van der Waals surface area contributed by atoms with Crippen molar-refractivity contribution in [3.63, 3.8) is 0 Å². The summed E-state index contributed by atoms with van der Waals surface area (Å²) in [5.74, 6) is 3.07. The first-order valence-electron chi connectivity index (χ1n) is 9.98. The van der Waals surface area contributed by atoms with Crippen LogP contribution < -0.4 is 24.3 Å². The Balaban J connectivity index is 1.43. The molecule has 2 aromatic rings. The molecule has 2 aliphatic heterocycles. The van der Waals surface area contributed by atoms with Crippen molar-refractivity contribution in [1.82, 2.24) is 5.32 Å². The van der Waals surface area contributed by atoms with Gasteiger partial charge in [0.15, 0.2) is 11.5 Å². The van der Waals surface area contributed by atoms with E-state index in [0.29, 0.717) is 32.5 Å². The monoisotopic (exact) mass is 397 g/mol. The molecular formula is C23H27NO5. The van der Waals surface area contributed by atoms with Crippen molar-refractivity contribution in [2.75, 3.05) is 20.3 Å². The van der Waals surface area contributed by atoms with Gasteiger partial charge in [-0.15, -0.1) is 0 Å². The second-order valence-corrected chi connectivity index (χ2v) is 8.07. The summed E-state index contributed by atoms with van der Waals surface area (Å²) in [7, 11) is 1.64. The van der Waals surface area contributed by atoms with Crippen molar-refractivity contribution in [2.45, 2.75) is 44.8 Å². The number of carbonyl (C=O) groups excluding carboxylic acids is 1. The Labute approximate surface area is 171 Å². The van der Waals surface area contributed by atoms with Crippen molar-refractivity contribution in [1.29, 1.82) is 0 Å². The van der Waals surface area contributed by atoms with Gasteiger partial charge >= 0.3 is 0 Å². The van der Waals surface area contributed by atoms with Gasteiger partial charge in [0.25, 0.3) is 0 Å². The van der Waals surface area contributed by atoms with Crippen LogP contribution in [-0.2, 0) is 11.2 Å². The van der Waals surface area contributed by atoms with Crippen molar-refractivity contribution in [2.24, 2.45) is 0 Å². The van der Waals surface area contributed by atoms with E-state index >= 15 is 0 Å². The summed E-state index contributed by atoms with van der Waals surface area (Å²) >= 11 is 0. The maximum Gasteiger partial charge on any atom is 0.220 e. The minimum Gasteiger partial charge on any atom is -0.497 e. The normalized spacial score (nSPS) is 18.9. The van der Waals surface area contributed by atoms with E-state index in [9.17, 15) is 4.79 Å². The van der Waals surface area contributed by atoms with E-state index in [1.807, 2.05) is 50.2 Å². The molecule has 2 heterocycles. The van der Waals surface area contributed by atoms with E-state index in [-0.39, 0.29) is 17.6 Å². The molecule has 0 aliphatic carbocycles. The molecule has 0 saturated heterocycles. The smallest absolute Gasteiger partial charge is 0.220 e. The largest absolute Gasteiger partial charge is 0.497 e. The van der Waals surface area contributed by atoms with Gasteiger partial charge in [-0.05, 0) is 56.2 Å². The molecule has 1 atom stereocenters. The van der Waals surface area contributed by atoms with Gasteiger partial charge < -0.3 is 24.3 Å². The molecule has 2 aliphatic rings. The highest BCUT2D eigenvalue weighted by molar-refractivity contribution is 5.77. The van der Waals surface area contributed by atoms with Gasteiger partial charge in [0, 0.05) is 18.4 Å². The summed E-state index contributed by atoms with van der Waals surface area (Å²) in [6, 6.07) is 11.5. The fourth-order valence-electron chi connectivity index (χ4n) is 3.86. The van der Waals surface area contributed by atoms with E-state index in [2.05, 4.69) is 5.32 Å². The molecule has 2 aromatic carbocycles. The second kappa shape index (κ2) is 7.85. The van der Waals surface area contributed by atoms with Crippen LogP contribution in [0.2, 0.25) is 0 Å². The van der Waals surface area contributed by atoms with Crippen molar-refractivity contribution in [3.05, 3.63) is 47.5 Å². The number of rotatable bonds is 5. The molecule has 1 N–H and O–H groups in total. The third-order valence-corrected chi connectivity index (χ3v) is 5.26. The van der Waals surface area contributed by atoms with Crippen LogP contribution in [0.25, 0.3) is 0 Å². The standard InChI is InChI=1S/C23H27NO5/c1-23(2)14-18(17-13-16(26-3)6-8-19(17)29-23)24-22(25)9-5-15-4-7-20-21(12-15)28-11-10-27-20/h4,6-8,12-13,18H,5,9-11,14H2,1-3H3,(H,24,25)/t18-/m0/s1. The minimum atomic E-state index is -0.352. The molecule has 0 unspecified atom stereocenters. The first kappa shape index (κ1) is 19.4. The van der Waals surface area contributed by atoms with Gasteiger partial charge in [0.2, 0.25) is 5.91 Å². The number of ether oxygens (including phenoxy) is 4. The molecule has 4 rings (SSSR count). The molecule has 0 radical (unpaired) electrons. The van der Waals surface area contributed by atoms with E-state index in [4.69, 9.17) is 18.9 Å². The van der Waals surface area contributed by atoms with E-state index in [1.165, 1.54) is 0 Å². The minimum absolute atomic E-state index is 0.0105. The Kier molecular flexibility index (Phi) is 5.26. The number of carbonyl (C=O) groups is 1. The lowest BCUT2D eigenvalue weighted by atomic mass is 9.89. The molecule has 154 valence electrons. The van der Waals surface area contributed by atoms with E-state index in [1.54, 1.807) is 7.11 Å². The van der Waals surface area contributed by atoms with E-state index in [0.717, 1.165) is 34.1 Å². The topological polar surface area (TPSA) is 66.0 Å². The SMILES string of the molecule is COc1ccc2c(c1)[C@@H](NC(=O)CCc1ccc3c(c1)OCCO3)CC(C)(C)O2. The third-order valence-electron chi connectivity index (χ3n) is 5.26. The fourth-order valence-corrected chi connectivity index (χ4v) is 3.86. The summed E-state index contributed by atoms with van der Waals surface area (Å²) in [6.45, 7) is 5.20. The van der Waals surface area contributed by atoms with Gasteiger partial charge in [-0.1, -0.05) is 6.07 Å². The first-order valence-corrected chi connectivity index (χ1v) is 9.98. The highest BCUT2D eigenvalue weighted by atomic mass is 16.6. The summed E-state index contributed by atoms with van der Waals surface area (Å²) in [6.07, 6.45) is 1.74. The van der Waals surface area contributed by atoms with Crippen LogP contribution in [0.15, 0.2) is 36.4 Å². The summed E-state index contributed by atoms with van der Waals surface area (Å²) < 4.78 is 22.6. The molecule has 1 amide bonds. The molecule has 29 heavy (non-hydrogen) atoms. The number of nitrogens with one attached hydrogen (secondary N) is 1. The zero-order chi connectivity index (χ0) is 20.4. The molecule has 0 spiro atoms. The predicted molar refractivity (Wildman–Crippen MR) is 109 cm³/mol. The van der Waals surface area contributed by atoms with Crippen LogP contribution in [0.3, 0.4) is 0 Å². The number of aryl methyl sites for hydroxylation is 1. The molecule has 0 fully saturated rings. The fraction of sp³-hybridized carbons (Fsp3) is 0.435. The van der Waals surface area contributed by atoms with Crippen LogP contribution >= 0.6 is 0 Å². The first-order chi connectivity index (χ1) is 13.9. The average Bonchev–Trinajstić information content (AvgIpc) is 2.71. The number of methoxy groups -OCH3 is 1. The van der Waals surface area contributed by atoms with Crippen LogP contribution in [-0.4, -0.2) is 31.8 Å². The maximum atomic E-state index is 12.7.